The molecule has 0 spiro atoms. The molecule has 0 saturated carbocycles. The average molecular weight is 438 g/mol. The van der Waals surface area contributed by atoms with Gasteiger partial charge in [0.15, 0.2) is 0 Å². The highest BCUT2D eigenvalue weighted by atomic mass is 32.2. The molecule has 3 aliphatic rings. The van der Waals surface area contributed by atoms with Crippen LogP contribution in [-0.2, 0) is 14.9 Å². The molecule has 2 amide bonds. The van der Waals surface area contributed by atoms with E-state index >= 15 is 0 Å². The molecule has 1 aromatic rings. The number of nitrogen functional groups attached to an aromatic ring is 1. The van der Waals surface area contributed by atoms with Gasteiger partial charge in [-0.3, -0.25) is 19.4 Å². The highest BCUT2D eigenvalue weighted by Gasteiger charge is 2.40. The number of benzene rings is 1. The maximum atomic E-state index is 13.0. The van der Waals surface area contributed by atoms with Crippen LogP contribution in [0, 0.1) is 0 Å². The monoisotopic (exact) mass is 437 g/mol. The van der Waals surface area contributed by atoms with Gasteiger partial charge in [0, 0.05) is 45.0 Å². The van der Waals surface area contributed by atoms with Gasteiger partial charge in [0.25, 0.3) is 22.0 Å². The Balaban J connectivity index is 1.38. The van der Waals surface area contributed by atoms with Crippen LogP contribution < -0.4 is 5.73 Å². The predicted molar refractivity (Wildman–Crippen MR) is 110 cm³/mol. The van der Waals surface area contributed by atoms with Gasteiger partial charge < -0.3 is 10.5 Å². The summed E-state index contributed by atoms with van der Waals surface area (Å²) < 4.78 is 34.6. The van der Waals surface area contributed by atoms with Crippen molar-refractivity contribution < 1.29 is 22.7 Å². The molecule has 2 saturated heterocycles. The van der Waals surface area contributed by atoms with Crippen LogP contribution in [0.15, 0.2) is 18.2 Å². The highest BCUT2D eigenvalue weighted by molar-refractivity contribution is 7.86. The smallest absolute Gasteiger partial charge is 0.282 e. The highest BCUT2D eigenvalue weighted by Crippen LogP contribution is 2.28. The number of ether oxygens (including phenoxy) is 1. The van der Waals surface area contributed by atoms with Gasteiger partial charge in [-0.25, -0.2) is 0 Å². The SMILES string of the molecule is CC1CN(S(=O)(=O)N2CCN(CN3C(=O)c4cccc(N)c4C3=O)CC2)CC(C)O1. The van der Waals surface area contributed by atoms with Crippen LogP contribution in [0.5, 0.6) is 0 Å². The van der Waals surface area contributed by atoms with Gasteiger partial charge in [0.2, 0.25) is 0 Å². The summed E-state index contributed by atoms with van der Waals surface area (Å²) in [6, 6.07) is 4.85. The van der Waals surface area contributed by atoms with E-state index in [4.69, 9.17) is 10.5 Å². The number of hydrogen-bond donors (Lipinski definition) is 1. The number of fused-ring (bicyclic) bond motifs is 1. The van der Waals surface area contributed by atoms with E-state index in [2.05, 4.69) is 0 Å². The summed E-state index contributed by atoms with van der Waals surface area (Å²) in [5.74, 6) is -0.770. The molecular formula is C19H27N5O5S. The predicted octanol–water partition coefficient (Wildman–Crippen LogP) is -0.206. The third kappa shape index (κ3) is 3.71. The minimum Gasteiger partial charge on any atom is -0.398 e. The van der Waals surface area contributed by atoms with Crippen LogP contribution in [0.4, 0.5) is 5.69 Å². The Morgan fingerprint density at radius 3 is 2.23 bits per heavy atom. The van der Waals surface area contributed by atoms with Crippen molar-refractivity contribution in [3.05, 3.63) is 29.3 Å². The second kappa shape index (κ2) is 7.89. The number of rotatable bonds is 4. The van der Waals surface area contributed by atoms with Crippen molar-refractivity contribution in [2.45, 2.75) is 26.1 Å². The molecule has 2 atom stereocenters. The number of nitrogens with zero attached hydrogens (tertiary/aromatic N) is 4. The van der Waals surface area contributed by atoms with E-state index in [1.165, 1.54) is 13.5 Å². The standard InChI is InChI=1S/C19H27N5O5S/c1-13-10-23(11-14(2)29-13)30(27,28)22-8-6-21(7-9-22)12-24-18(25)15-4-3-5-16(20)17(15)19(24)26/h3-5,13-14H,6-12,20H2,1-2H3. The Morgan fingerprint density at radius 1 is 1.00 bits per heavy atom. The number of carbonyl (C=O) groups excluding carboxylic acids is 2. The molecule has 1 aromatic carbocycles. The van der Waals surface area contributed by atoms with E-state index in [1.807, 2.05) is 18.7 Å². The molecule has 0 aromatic heterocycles. The topological polar surface area (TPSA) is 116 Å². The summed E-state index contributed by atoms with van der Waals surface area (Å²) in [4.78, 5) is 28.4. The molecule has 4 rings (SSSR count). The molecule has 3 heterocycles. The third-order valence-corrected chi connectivity index (χ3v) is 7.71. The summed E-state index contributed by atoms with van der Waals surface area (Å²) in [6.07, 6.45) is -0.294. The minimum absolute atomic E-state index is 0.116. The van der Waals surface area contributed by atoms with E-state index in [1.54, 1.807) is 18.2 Å². The van der Waals surface area contributed by atoms with E-state index in [9.17, 15) is 18.0 Å². The lowest BCUT2D eigenvalue weighted by molar-refractivity contribution is -0.0458. The van der Waals surface area contributed by atoms with Crippen LogP contribution in [0.2, 0.25) is 0 Å². The Kier molecular flexibility index (Phi) is 5.58. The second-order valence-electron chi connectivity index (χ2n) is 8.05. The summed E-state index contributed by atoms with van der Waals surface area (Å²) in [5, 5.41) is 0. The fourth-order valence-corrected chi connectivity index (χ4v) is 6.02. The Morgan fingerprint density at radius 2 is 1.63 bits per heavy atom. The lowest BCUT2D eigenvalue weighted by atomic mass is 10.1. The molecule has 0 bridgehead atoms. The van der Waals surface area contributed by atoms with Crippen LogP contribution >= 0.6 is 0 Å². The molecule has 10 nitrogen and oxygen atoms in total. The van der Waals surface area contributed by atoms with Crippen molar-refractivity contribution in [1.29, 1.82) is 0 Å². The quantitative estimate of drug-likeness (QED) is 0.512. The third-order valence-electron chi connectivity index (χ3n) is 5.74. The first-order chi connectivity index (χ1) is 14.2. The number of hydrogen-bond acceptors (Lipinski definition) is 7. The fraction of sp³-hybridized carbons (Fsp3) is 0.579. The first kappa shape index (κ1) is 21.2. The Labute approximate surface area is 176 Å². The number of amides is 2. The molecule has 0 radical (unpaired) electrons. The minimum atomic E-state index is -3.58. The lowest BCUT2D eigenvalue weighted by Gasteiger charge is -2.40. The molecule has 2 N–H and O–H groups in total. The molecule has 0 aliphatic carbocycles. The molecule has 2 fully saturated rings. The second-order valence-corrected chi connectivity index (χ2v) is 9.98. The van der Waals surface area contributed by atoms with Gasteiger partial charge >= 0.3 is 0 Å². The molecule has 11 heteroatoms. The van der Waals surface area contributed by atoms with Gasteiger partial charge in [-0.1, -0.05) is 6.07 Å². The molecule has 30 heavy (non-hydrogen) atoms. The van der Waals surface area contributed by atoms with Gasteiger partial charge in [-0.15, -0.1) is 0 Å². The van der Waals surface area contributed by atoms with Crippen molar-refractivity contribution in [1.82, 2.24) is 18.4 Å². The van der Waals surface area contributed by atoms with Gasteiger partial charge in [-0.05, 0) is 26.0 Å². The van der Waals surface area contributed by atoms with Crippen LogP contribution in [-0.4, -0.2) is 96.8 Å². The van der Waals surface area contributed by atoms with Gasteiger partial charge in [0.05, 0.1) is 30.0 Å². The first-order valence-electron chi connectivity index (χ1n) is 10.1. The number of carbonyl (C=O) groups is 2. The largest absolute Gasteiger partial charge is 0.398 e. The number of morpholine rings is 1. The van der Waals surface area contributed by atoms with E-state index < -0.39 is 16.1 Å². The van der Waals surface area contributed by atoms with E-state index in [-0.39, 0.29) is 30.3 Å². The molecular weight excluding hydrogens is 410 g/mol. The fourth-order valence-electron chi connectivity index (χ4n) is 4.27. The Bertz CT molecular complexity index is 950. The normalized spacial score (nSPS) is 26.9. The maximum absolute atomic E-state index is 13.0. The summed E-state index contributed by atoms with van der Waals surface area (Å²) >= 11 is 0. The molecule has 3 aliphatic heterocycles. The van der Waals surface area contributed by atoms with E-state index in [0.29, 0.717) is 50.5 Å². The zero-order valence-corrected chi connectivity index (χ0v) is 18.0. The van der Waals surface area contributed by atoms with Gasteiger partial charge in [0.1, 0.15) is 0 Å². The van der Waals surface area contributed by atoms with Crippen LogP contribution in [0.25, 0.3) is 0 Å². The number of piperazine rings is 1. The molecule has 164 valence electrons. The summed E-state index contributed by atoms with van der Waals surface area (Å²) in [6.45, 7) is 5.98. The lowest BCUT2D eigenvalue weighted by Crippen LogP contribution is -2.58. The Hall–Kier alpha value is -2.05. The maximum Gasteiger partial charge on any atom is 0.282 e. The zero-order chi connectivity index (χ0) is 21.6. The summed E-state index contributed by atoms with van der Waals surface area (Å²) in [5.41, 5.74) is 6.73. The number of nitrogens with two attached hydrogens (primary N) is 1. The zero-order valence-electron chi connectivity index (χ0n) is 17.2. The van der Waals surface area contributed by atoms with Gasteiger partial charge in [-0.2, -0.15) is 17.0 Å². The van der Waals surface area contributed by atoms with E-state index in [0.717, 1.165) is 0 Å². The first-order valence-corrected chi connectivity index (χ1v) is 11.5. The van der Waals surface area contributed by atoms with Crippen molar-refractivity contribution in [2.75, 3.05) is 51.7 Å². The number of imide groups is 1. The number of anilines is 1. The van der Waals surface area contributed by atoms with Crippen molar-refractivity contribution >= 4 is 27.7 Å². The van der Waals surface area contributed by atoms with Crippen LogP contribution in [0.1, 0.15) is 34.6 Å². The van der Waals surface area contributed by atoms with Crippen molar-refractivity contribution in [2.24, 2.45) is 0 Å². The summed E-state index contributed by atoms with van der Waals surface area (Å²) in [7, 11) is -3.58. The van der Waals surface area contributed by atoms with Crippen LogP contribution in [0.3, 0.4) is 0 Å². The molecule has 2 unspecified atom stereocenters. The average Bonchev–Trinajstić information content (AvgIpc) is 2.93. The van der Waals surface area contributed by atoms with Crippen molar-refractivity contribution in [3.8, 4) is 0 Å². The van der Waals surface area contributed by atoms with Crippen molar-refractivity contribution in [3.63, 3.8) is 0 Å².